The van der Waals surface area contributed by atoms with E-state index in [2.05, 4.69) is 20.3 Å². The Bertz CT molecular complexity index is 1070. The minimum atomic E-state index is -0.505. The first kappa shape index (κ1) is 18.8. The van der Waals surface area contributed by atoms with Crippen LogP contribution in [0.2, 0.25) is 0 Å². The molecule has 8 nitrogen and oxygen atoms in total. The van der Waals surface area contributed by atoms with E-state index in [1.54, 1.807) is 30.7 Å². The third kappa shape index (κ3) is 3.75. The van der Waals surface area contributed by atoms with Gasteiger partial charge in [-0.3, -0.25) is 29.7 Å². The molecule has 0 saturated carbocycles. The maximum absolute atomic E-state index is 12.4. The Morgan fingerprint density at radius 3 is 2.59 bits per heavy atom. The number of thiocarbonyl (C=S) groups is 1. The van der Waals surface area contributed by atoms with Crippen LogP contribution >= 0.6 is 23.6 Å². The van der Waals surface area contributed by atoms with Crippen LogP contribution in [-0.2, 0) is 9.59 Å². The molecule has 0 aliphatic carbocycles. The number of hydrogen-bond acceptors (Lipinski definition) is 8. The summed E-state index contributed by atoms with van der Waals surface area (Å²) in [6.45, 7) is 0. The number of carbonyl (C=O) groups is 2. The van der Waals surface area contributed by atoms with Gasteiger partial charge in [0.25, 0.3) is 11.8 Å². The van der Waals surface area contributed by atoms with E-state index in [-0.39, 0.29) is 10.7 Å². The number of nitrogens with one attached hydrogen (secondary N) is 1. The van der Waals surface area contributed by atoms with Crippen molar-refractivity contribution in [3.8, 4) is 0 Å². The lowest BCUT2D eigenvalue weighted by atomic mass is 10.1. The zero-order valence-electron chi connectivity index (χ0n) is 15.1. The summed E-state index contributed by atoms with van der Waals surface area (Å²) in [5, 5.41) is 3.46. The zero-order chi connectivity index (χ0) is 20.4. The van der Waals surface area contributed by atoms with Crippen molar-refractivity contribution in [2.24, 2.45) is 0 Å². The molecule has 10 heteroatoms. The highest BCUT2D eigenvalue weighted by atomic mass is 32.1. The maximum atomic E-state index is 12.4. The van der Waals surface area contributed by atoms with Gasteiger partial charge in [-0.05, 0) is 48.6 Å². The summed E-state index contributed by atoms with van der Waals surface area (Å²) in [6.07, 6.45) is 8.10. The lowest BCUT2D eigenvalue weighted by Crippen LogP contribution is -2.52. The van der Waals surface area contributed by atoms with Crippen LogP contribution < -0.4 is 10.2 Å². The molecule has 4 heterocycles. The van der Waals surface area contributed by atoms with E-state index in [4.69, 9.17) is 12.2 Å². The number of carbonyl (C=O) groups excluding carboxylic acids is 2. The number of amides is 2. The molecule has 1 aliphatic heterocycles. The second-order valence-corrected chi connectivity index (χ2v) is 7.45. The van der Waals surface area contributed by atoms with Gasteiger partial charge in [0.15, 0.2) is 5.11 Å². The first-order chi connectivity index (χ1) is 14.0. The van der Waals surface area contributed by atoms with E-state index in [0.29, 0.717) is 5.82 Å². The number of hydrogen-bond donors (Lipinski definition) is 1. The number of likely N-dealkylation sites (N-methyl/N-ethyl adjacent to an activating group) is 1. The van der Waals surface area contributed by atoms with Crippen molar-refractivity contribution in [3.05, 3.63) is 65.7 Å². The van der Waals surface area contributed by atoms with Gasteiger partial charge in [-0.1, -0.05) is 0 Å². The fourth-order valence-corrected chi connectivity index (χ4v) is 3.87. The predicted octanol–water partition coefficient (Wildman–Crippen LogP) is 2.66. The lowest BCUT2D eigenvalue weighted by molar-refractivity contribution is -0.128. The van der Waals surface area contributed by atoms with Crippen LogP contribution in [-0.4, -0.2) is 43.8 Å². The van der Waals surface area contributed by atoms with Crippen molar-refractivity contribution in [3.63, 3.8) is 0 Å². The summed E-state index contributed by atoms with van der Waals surface area (Å²) in [6, 6.07) is 9.28. The number of rotatable bonds is 4. The molecular formula is C19H14N6O2S2. The van der Waals surface area contributed by atoms with Gasteiger partial charge in [-0.25, -0.2) is 9.97 Å². The summed E-state index contributed by atoms with van der Waals surface area (Å²) >= 11 is 6.39. The SMILES string of the molecule is CN1C(=O)/C(=C/c2ccc(N(c3ccncc3)c3ccncn3)s2)C(=O)NC1=S. The molecule has 0 atom stereocenters. The number of thiophene rings is 1. The van der Waals surface area contributed by atoms with E-state index < -0.39 is 11.8 Å². The Balaban J connectivity index is 1.72. The normalized spacial score (nSPS) is 15.6. The molecule has 2 amide bonds. The highest BCUT2D eigenvalue weighted by molar-refractivity contribution is 7.80. The van der Waals surface area contributed by atoms with Crippen LogP contribution in [0.5, 0.6) is 0 Å². The van der Waals surface area contributed by atoms with Crippen molar-refractivity contribution in [2.45, 2.75) is 0 Å². The van der Waals surface area contributed by atoms with E-state index >= 15 is 0 Å². The molecular weight excluding hydrogens is 408 g/mol. The largest absolute Gasteiger partial charge is 0.298 e. The molecule has 1 fully saturated rings. The van der Waals surface area contributed by atoms with E-state index in [0.717, 1.165) is 15.6 Å². The fraction of sp³-hybridized carbons (Fsp3) is 0.0526. The van der Waals surface area contributed by atoms with Crippen LogP contribution in [0.25, 0.3) is 6.08 Å². The van der Waals surface area contributed by atoms with Crippen molar-refractivity contribution in [1.82, 2.24) is 25.2 Å². The highest BCUT2D eigenvalue weighted by Crippen LogP contribution is 2.38. The van der Waals surface area contributed by atoms with Gasteiger partial charge in [0.05, 0.1) is 5.69 Å². The van der Waals surface area contributed by atoms with Crippen molar-refractivity contribution in [2.75, 3.05) is 11.9 Å². The second kappa shape index (κ2) is 7.86. The monoisotopic (exact) mass is 422 g/mol. The number of pyridine rings is 1. The first-order valence-electron chi connectivity index (χ1n) is 8.45. The number of nitrogens with zero attached hydrogens (tertiary/aromatic N) is 5. The molecule has 4 rings (SSSR count). The minimum Gasteiger partial charge on any atom is -0.298 e. The van der Waals surface area contributed by atoms with E-state index in [1.165, 1.54) is 29.6 Å². The van der Waals surface area contributed by atoms with Crippen LogP contribution in [0.1, 0.15) is 4.88 Å². The molecule has 0 unspecified atom stereocenters. The molecule has 0 bridgehead atoms. The third-order valence-electron chi connectivity index (χ3n) is 4.14. The molecule has 1 saturated heterocycles. The van der Waals surface area contributed by atoms with E-state index in [9.17, 15) is 9.59 Å². The van der Waals surface area contributed by atoms with Gasteiger partial charge in [0, 0.05) is 30.5 Å². The van der Waals surface area contributed by atoms with Crippen molar-refractivity contribution < 1.29 is 9.59 Å². The molecule has 0 spiro atoms. The summed E-state index contributed by atoms with van der Waals surface area (Å²) in [7, 11) is 1.53. The van der Waals surface area contributed by atoms with Crippen LogP contribution in [0.4, 0.5) is 16.5 Å². The Morgan fingerprint density at radius 2 is 1.86 bits per heavy atom. The summed E-state index contributed by atoms with van der Waals surface area (Å²) in [5.74, 6) is -0.255. The smallest absolute Gasteiger partial charge is 0.265 e. The molecule has 3 aromatic heterocycles. The molecule has 1 N–H and O–H groups in total. The first-order valence-corrected chi connectivity index (χ1v) is 9.68. The Hall–Kier alpha value is -3.50. The molecule has 29 heavy (non-hydrogen) atoms. The summed E-state index contributed by atoms with van der Waals surface area (Å²) < 4.78 is 0. The molecule has 0 aromatic carbocycles. The summed E-state index contributed by atoms with van der Waals surface area (Å²) in [5.41, 5.74) is 0.906. The molecule has 144 valence electrons. The highest BCUT2D eigenvalue weighted by Gasteiger charge is 2.31. The number of aromatic nitrogens is 3. The third-order valence-corrected chi connectivity index (χ3v) is 5.53. The molecule has 3 aromatic rings. The van der Waals surface area contributed by atoms with Gasteiger partial charge in [0.1, 0.15) is 22.7 Å². The van der Waals surface area contributed by atoms with Gasteiger partial charge in [-0.2, -0.15) is 0 Å². The summed E-state index contributed by atoms with van der Waals surface area (Å²) in [4.78, 5) is 40.9. The van der Waals surface area contributed by atoms with Crippen LogP contribution in [0, 0.1) is 0 Å². The Kier molecular flexibility index (Phi) is 5.10. The van der Waals surface area contributed by atoms with Crippen LogP contribution in [0.3, 0.4) is 0 Å². The molecule has 0 radical (unpaired) electrons. The van der Waals surface area contributed by atoms with Gasteiger partial charge in [0.2, 0.25) is 0 Å². The molecule has 1 aliphatic rings. The zero-order valence-corrected chi connectivity index (χ0v) is 16.8. The standard InChI is InChI=1S/C19H14N6O2S2/c1-24-18(27)14(17(26)23-19(24)28)10-13-2-3-16(29-13)25(12-4-7-20-8-5-12)15-6-9-21-11-22-15/h2-11H,1H3,(H,23,26,28)/b14-10+. The number of anilines is 3. The fourth-order valence-electron chi connectivity index (χ4n) is 2.71. The topological polar surface area (TPSA) is 91.3 Å². The average Bonchev–Trinajstić information content (AvgIpc) is 3.19. The average molecular weight is 422 g/mol. The van der Waals surface area contributed by atoms with Crippen molar-refractivity contribution >= 4 is 63.1 Å². The van der Waals surface area contributed by atoms with Crippen LogP contribution in [0.15, 0.2) is 60.8 Å². The second-order valence-electron chi connectivity index (χ2n) is 5.97. The lowest BCUT2D eigenvalue weighted by Gasteiger charge is -2.24. The predicted molar refractivity (Wildman–Crippen MR) is 114 cm³/mol. The quantitative estimate of drug-likeness (QED) is 0.393. The van der Waals surface area contributed by atoms with Gasteiger partial charge >= 0.3 is 0 Å². The Morgan fingerprint density at radius 1 is 1.10 bits per heavy atom. The van der Waals surface area contributed by atoms with Gasteiger partial charge < -0.3 is 0 Å². The maximum Gasteiger partial charge on any atom is 0.265 e. The van der Waals surface area contributed by atoms with E-state index in [1.807, 2.05) is 29.2 Å². The minimum absolute atomic E-state index is 0.0343. The van der Waals surface area contributed by atoms with Gasteiger partial charge in [-0.15, -0.1) is 11.3 Å². The Labute approximate surface area is 175 Å². The van der Waals surface area contributed by atoms with Crippen molar-refractivity contribution in [1.29, 1.82) is 0 Å².